The molecular formula is C13H13N5S. The lowest BCUT2D eigenvalue weighted by atomic mass is 10.1. The van der Waals surface area contributed by atoms with E-state index in [-0.39, 0.29) is 0 Å². The van der Waals surface area contributed by atoms with Crippen LogP contribution in [-0.4, -0.2) is 21.0 Å². The molecule has 0 fully saturated rings. The molecule has 5 nitrogen and oxygen atoms in total. The minimum atomic E-state index is 0.579. The van der Waals surface area contributed by atoms with Gasteiger partial charge in [0, 0.05) is 7.05 Å². The number of thioether (sulfide) groups is 1. The first kappa shape index (κ1) is 13.2. The molecule has 2 rings (SSSR count). The van der Waals surface area contributed by atoms with E-state index < -0.39 is 0 Å². The Morgan fingerprint density at radius 1 is 1.42 bits per heavy atom. The molecule has 0 saturated heterocycles. The van der Waals surface area contributed by atoms with Gasteiger partial charge < -0.3 is 4.57 Å². The predicted octanol–water partition coefficient (Wildman–Crippen LogP) is 2.51. The van der Waals surface area contributed by atoms with E-state index in [0.29, 0.717) is 5.17 Å². The highest BCUT2D eigenvalue weighted by Crippen LogP contribution is 2.22. The molecule has 1 aromatic heterocycles. The molecule has 1 aromatic carbocycles. The minimum absolute atomic E-state index is 0.579. The Labute approximate surface area is 116 Å². The molecule has 0 spiro atoms. The fraction of sp³-hybridized carbons (Fsp3) is 0.154. The molecule has 0 bridgehead atoms. The number of aromatic nitrogens is 2. The average Bonchev–Trinajstić information content (AvgIpc) is 2.85. The van der Waals surface area contributed by atoms with Crippen molar-refractivity contribution in [1.29, 1.82) is 5.26 Å². The van der Waals surface area contributed by atoms with E-state index in [4.69, 9.17) is 5.26 Å². The third kappa shape index (κ3) is 3.14. The molecule has 0 atom stereocenters. The van der Waals surface area contributed by atoms with Crippen LogP contribution in [-0.2, 0) is 7.05 Å². The average molecular weight is 271 g/mol. The number of amidine groups is 1. The van der Waals surface area contributed by atoms with Crippen molar-refractivity contribution < 1.29 is 0 Å². The lowest BCUT2D eigenvalue weighted by Gasteiger charge is -2.03. The van der Waals surface area contributed by atoms with E-state index in [1.807, 2.05) is 54.5 Å². The predicted molar refractivity (Wildman–Crippen MR) is 78.0 cm³/mol. The molecule has 96 valence electrons. The van der Waals surface area contributed by atoms with Gasteiger partial charge in [-0.2, -0.15) is 5.26 Å². The van der Waals surface area contributed by atoms with Crippen molar-refractivity contribution in [2.75, 3.05) is 6.26 Å². The first-order valence-corrected chi connectivity index (χ1v) is 6.81. The maximum absolute atomic E-state index is 8.58. The summed E-state index contributed by atoms with van der Waals surface area (Å²) in [5.41, 5.74) is 2.94. The lowest BCUT2D eigenvalue weighted by Crippen LogP contribution is -2.12. The molecule has 0 aliphatic carbocycles. The zero-order valence-corrected chi connectivity index (χ0v) is 11.5. The summed E-state index contributed by atoms with van der Waals surface area (Å²) in [5, 5.41) is 11.7. The zero-order valence-electron chi connectivity index (χ0n) is 10.7. The second kappa shape index (κ2) is 6.07. The topological polar surface area (TPSA) is 66.0 Å². The van der Waals surface area contributed by atoms with E-state index in [1.54, 1.807) is 6.33 Å². The molecule has 19 heavy (non-hydrogen) atoms. The van der Waals surface area contributed by atoms with Gasteiger partial charge in [0.2, 0.25) is 0 Å². The highest BCUT2D eigenvalue weighted by molar-refractivity contribution is 8.13. The van der Waals surface area contributed by atoms with E-state index in [0.717, 1.165) is 16.9 Å². The first-order valence-electron chi connectivity index (χ1n) is 5.59. The second-order valence-electron chi connectivity index (χ2n) is 3.79. The van der Waals surface area contributed by atoms with Gasteiger partial charge in [-0.25, -0.2) is 9.98 Å². The Morgan fingerprint density at radius 3 is 2.68 bits per heavy atom. The lowest BCUT2D eigenvalue weighted by molar-refractivity contribution is 0.921. The van der Waals surface area contributed by atoms with Crippen molar-refractivity contribution in [3.05, 3.63) is 36.8 Å². The SMILES string of the molecule is CSC(=Nc1ccc(-c2cncn2C)cc1)NC#N. The van der Waals surface area contributed by atoms with E-state index >= 15 is 0 Å². The van der Waals surface area contributed by atoms with Gasteiger partial charge in [-0.05, 0) is 24.0 Å². The Kier molecular flexibility index (Phi) is 4.21. The normalized spacial score (nSPS) is 11.1. The Balaban J connectivity index is 2.24. The van der Waals surface area contributed by atoms with Crippen molar-refractivity contribution in [2.45, 2.75) is 0 Å². The number of hydrogen-bond donors (Lipinski definition) is 1. The van der Waals surface area contributed by atoms with Gasteiger partial charge >= 0.3 is 0 Å². The van der Waals surface area contributed by atoms with E-state index in [2.05, 4.69) is 15.3 Å². The fourth-order valence-corrected chi connectivity index (χ4v) is 1.98. The summed E-state index contributed by atoms with van der Waals surface area (Å²) < 4.78 is 1.96. The quantitative estimate of drug-likeness (QED) is 0.394. The van der Waals surface area contributed by atoms with Crippen molar-refractivity contribution >= 4 is 22.6 Å². The number of nitrogens with one attached hydrogen (secondary N) is 1. The van der Waals surface area contributed by atoms with Gasteiger partial charge in [0.25, 0.3) is 0 Å². The Bertz CT molecular complexity index is 621. The molecular weight excluding hydrogens is 258 g/mol. The maximum atomic E-state index is 8.58. The molecule has 1 heterocycles. The summed E-state index contributed by atoms with van der Waals surface area (Å²) in [6.07, 6.45) is 7.33. The molecule has 0 radical (unpaired) electrons. The number of imidazole rings is 1. The number of nitrogens with zero attached hydrogens (tertiary/aromatic N) is 4. The summed E-state index contributed by atoms with van der Waals surface area (Å²) in [6.45, 7) is 0. The maximum Gasteiger partial charge on any atom is 0.183 e. The molecule has 1 N–H and O–H groups in total. The second-order valence-corrected chi connectivity index (χ2v) is 4.59. The molecule has 0 aliphatic heterocycles. The smallest absolute Gasteiger partial charge is 0.183 e. The van der Waals surface area contributed by atoms with Crippen LogP contribution in [0.1, 0.15) is 0 Å². The molecule has 2 aromatic rings. The number of hydrogen-bond acceptors (Lipinski definition) is 4. The summed E-state index contributed by atoms with van der Waals surface area (Å²) >= 11 is 1.40. The van der Waals surface area contributed by atoms with E-state index in [1.165, 1.54) is 11.8 Å². The largest absolute Gasteiger partial charge is 0.334 e. The summed E-state index contributed by atoms with van der Waals surface area (Å²) in [7, 11) is 1.96. The van der Waals surface area contributed by atoms with Crippen LogP contribution < -0.4 is 5.32 Å². The van der Waals surface area contributed by atoms with Crippen molar-refractivity contribution in [1.82, 2.24) is 14.9 Å². The number of rotatable bonds is 2. The minimum Gasteiger partial charge on any atom is -0.334 e. The third-order valence-corrected chi connectivity index (χ3v) is 3.15. The summed E-state index contributed by atoms with van der Waals surface area (Å²) in [6, 6.07) is 7.80. The van der Waals surface area contributed by atoms with Gasteiger partial charge in [0.1, 0.15) is 0 Å². The first-order chi connectivity index (χ1) is 9.24. The molecule has 0 saturated carbocycles. The highest BCUT2D eigenvalue weighted by Gasteiger charge is 2.02. The molecule has 0 aliphatic rings. The molecule has 0 unspecified atom stereocenters. The number of nitriles is 1. The van der Waals surface area contributed by atoms with E-state index in [9.17, 15) is 0 Å². The van der Waals surface area contributed by atoms with Crippen molar-refractivity contribution in [3.63, 3.8) is 0 Å². The Morgan fingerprint density at radius 2 is 2.16 bits per heavy atom. The van der Waals surface area contributed by atoms with Gasteiger partial charge in [0.05, 0.1) is 23.9 Å². The van der Waals surface area contributed by atoms with Gasteiger partial charge in [0.15, 0.2) is 11.4 Å². The molecule has 0 amide bonds. The van der Waals surface area contributed by atoms with Gasteiger partial charge in [-0.3, -0.25) is 5.32 Å². The van der Waals surface area contributed by atoms with Gasteiger partial charge in [-0.1, -0.05) is 23.9 Å². The van der Waals surface area contributed by atoms with Crippen LogP contribution in [0, 0.1) is 11.5 Å². The van der Waals surface area contributed by atoms with Crippen molar-refractivity contribution in [3.8, 4) is 17.5 Å². The van der Waals surface area contributed by atoms with Crippen LogP contribution in [0.4, 0.5) is 5.69 Å². The zero-order chi connectivity index (χ0) is 13.7. The highest BCUT2D eigenvalue weighted by atomic mass is 32.2. The number of aliphatic imine (C=N–C) groups is 1. The van der Waals surface area contributed by atoms with Crippen LogP contribution in [0.3, 0.4) is 0 Å². The van der Waals surface area contributed by atoms with Crippen LogP contribution in [0.5, 0.6) is 0 Å². The fourth-order valence-electron chi connectivity index (χ4n) is 1.63. The summed E-state index contributed by atoms with van der Waals surface area (Å²) in [4.78, 5) is 8.43. The van der Waals surface area contributed by atoms with Crippen LogP contribution in [0.2, 0.25) is 0 Å². The number of benzene rings is 1. The Hall–Kier alpha value is -2.26. The standard InChI is InChI=1S/C13H13N5S/c1-18-9-15-7-12(18)10-3-5-11(6-4-10)17-13(19-2)16-8-14/h3-7,9H,1-2H3,(H,16,17). The summed E-state index contributed by atoms with van der Waals surface area (Å²) in [5.74, 6) is 0. The third-order valence-electron chi connectivity index (χ3n) is 2.57. The molecule has 6 heteroatoms. The van der Waals surface area contributed by atoms with Gasteiger partial charge in [-0.15, -0.1) is 0 Å². The van der Waals surface area contributed by atoms with Crippen LogP contribution >= 0.6 is 11.8 Å². The number of aryl methyl sites for hydroxylation is 1. The van der Waals surface area contributed by atoms with Crippen molar-refractivity contribution in [2.24, 2.45) is 12.0 Å². The monoisotopic (exact) mass is 271 g/mol. The van der Waals surface area contributed by atoms with Crippen LogP contribution in [0.25, 0.3) is 11.3 Å². The van der Waals surface area contributed by atoms with Crippen LogP contribution in [0.15, 0.2) is 41.8 Å².